The van der Waals surface area contributed by atoms with Gasteiger partial charge in [-0.1, -0.05) is 11.6 Å². The van der Waals surface area contributed by atoms with Crippen molar-refractivity contribution in [1.29, 1.82) is 0 Å². The van der Waals surface area contributed by atoms with Crippen molar-refractivity contribution in [2.45, 2.75) is 6.42 Å². The number of halogens is 5. The minimum absolute atomic E-state index is 0.127. The number of carbonyl (C=O) groups excluding carboxylic acids is 1. The molecule has 0 radical (unpaired) electrons. The van der Waals surface area contributed by atoms with Gasteiger partial charge in [-0.25, -0.2) is 8.78 Å². The summed E-state index contributed by atoms with van der Waals surface area (Å²) in [4.78, 5) is 12.2. The van der Waals surface area contributed by atoms with Crippen LogP contribution in [0.15, 0.2) is 34.8 Å². The van der Waals surface area contributed by atoms with Gasteiger partial charge in [0.25, 0.3) is 0 Å². The number of carbonyl (C=O) groups is 1. The first-order chi connectivity index (χ1) is 9.40. The van der Waals surface area contributed by atoms with Crippen LogP contribution < -0.4 is 0 Å². The maximum atomic E-state index is 13.9. The molecule has 20 heavy (non-hydrogen) atoms. The molecule has 0 saturated carbocycles. The average Bonchev–Trinajstić information content (AvgIpc) is 2.41. The second-order valence-electron chi connectivity index (χ2n) is 4.05. The Morgan fingerprint density at radius 2 is 1.95 bits per heavy atom. The Morgan fingerprint density at radius 3 is 2.65 bits per heavy atom. The highest BCUT2D eigenvalue weighted by atomic mass is 127. The number of benzene rings is 2. The molecule has 0 aromatic heterocycles. The molecule has 0 unspecified atom stereocenters. The van der Waals surface area contributed by atoms with E-state index in [4.69, 9.17) is 11.6 Å². The summed E-state index contributed by atoms with van der Waals surface area (Å²) in [5, 5.41) is 0.406. The third kappa shape index (κ3) is 3.38. The van der Waals surface area contributed by atoms with Gasteiger partial charge in [0, 0.05) is 26.1 Å². The molecule has 0 heterocycles. The Balaban J connectivity index is 2.38. The Labute approximate surface area is 141 Å². The van der Waals surface area contributed by atoms with Crippen molar-refractivity contribution in [3.8, 4) is 0 Å². The van der Waals surface area contributed by atoms with Crippen molar-refractivity contribution in [2.24, 2.45) is 0 Å². The Bertz CT molecular complexity index is 691. The molecule has 2 rings (SSSR count). The van der Waals surface area contributed by atoms with E-state index in [1.54, 1.807) is 12.1 Å². The standard InChI is InChI=1S/C14H7BrClF2IO/c15-10-2-3-11(17)8(14(10)18)6-13(20)9-5-7(16)1-4-12(9)19/h1-5H,6H2. The predicted octanol–water partition coefficient (Wildman–Crippen LogP) is 5.41. The Hall–Kier alpha value is -0.530. The maximum absolute atomic E-state index is 13.9. The minimum Gasteiger partial charge on any atom is -0.294 e. The summed E-state index contributed by atoms with van der Waals surface area (Å²) in [6.07, 6.45) is -0.354. The normalized spacial score (nSPS) is 10.7. The van der Waals surface area contributed by atoms with Crippen LogP contribution in [-0.4, -0.2) is 5.78 Å². The van der Waals surface area contributed by atoms with Gasteiger partial charge >= 0.3 is 0 Å². The molecule has 2 aromatic carbocycles. The summed E-state index contributed by atoms with van der Waals surface area (Å²) in [6.45, 7) is 0. The van der Waals surface area contributed by atoms with Crippen LogP contribution in [0.3, 0.4) is 0 Å². The molecule has 0 amide bonds. The number of rotatable bonds is 3. The molecule has 0 aliphatic heterocycles. The average molecular weight is 471 g/mol. The molecule has 0 saturated heterocycles. The third-order valence-electron chi connectivity index (χ3n) is 2.71. The van der Waals surface area contributed by atoms with Gasteiger partial charge in [-0.05, 0) is 68.9 Å². The van der Waals surface area contributed by atoms with E-state index in [2.05, 4.69) is 15.9 Å². The van der Waals surface area contributed by atoms with E-state index < -0.39 is 11.6 Å². The first-order valence-electron chi connectivity index (χ1n) is 5.50. The van der Waals surface area contributed by atoms with Crippen LogP contribution in [0.25, 0.3) is 0 Å². The van der Waals surface area contributed by atoms with Crippen LogP contribution in [-0.2, 0) is 6.42 Å². The maximum Gasteiger partial charge on any atom is 0.168 e. The lowest BCUT2D eigenvalue weighted by Crippen LogP contribution is -2.09. The lowest BCUT2D eigenvalue weighted by molar-refractivity contribution is 0.0989. The highest BCUT2D eigenvalue weighted by Crippen LogP contribution is 2.25. The first-order valence-corrected chi connectivity index (χ1v) is 7.75. The summed E-state index contributed by atoms with van der Waals surface area (Å²) in [7, 11) is 0. The van der Waals surface area contributed by atoms with E-state index in [9.17, 15) is 13.6 Å². The van der Waals surface area contributed by atoms with Gasteiger partial charge in [0.05, 0.1) is 4.47 Å². The molecule has 6 heteroatoms. The molecule has 0 atom stereocenters. The van der Waals surface area contributed by atoms with E-state index in [-0.39, 0.29) is 22.2 Å². The number of ketones is 1. The Kier molecular flexibility index (Phi) is 5.14. The molecule has 0 N–H and O–H groups in total. The van der Waals surface area contributed by atoms with Gasteiger partial charge < -0.3 is 0 Å². The van der Waals surface area contributed by atoms with Crippen LogP contribution in [0.5, 0.6) is 0 Å². The van der Waals surface area contributed by atoms with Crippen LogP contribution in [0.4, 0.5) is 8.78 Å². The quantitative estimate of drug-likeness (QED) is 0.332. The van der Waals surface area contributed by atoms with E-state index in [0.29, 0.717) is 14.2 Å². The van der Waals surface area contributed by atoms with Gasteiger partial charge in [0.2, 0.25) is 0 Å². The zero-order chi connectivity index (χ0) is 14.9. The third-order valence-corrected chi connectivity index (χ3v) is 4.49. The molecular formula is C14H7BrClF2IO. The highest BCUT2D eigenvalue weighted by Gasteiger charge is 2.18. The van der Waals surface area contributed by atoms with Crippen molar-refractivity contribution in [1.82, 2.24) is 0 Å². The zero-order valence-electron chi connectivity index (χ0n) is 9.89. The van der Waals surface area contributed by atoms with E-state index in [1.165, 1.54) is 12.1 Å². The van der Waals surface area contributed by atoms with Gasteiger partial charge in [-0.15, -0.1) is 0 Å². The molecular weight excluding hydrogens is 464 g/mol. The lowest BCUT2D eigenvalue weighted by Gasteiger charge is -2.08. The lowest BCUT2D eigenvalue weighted by atomic mass is 10.0. The molecule has 0 aliphatic rings. The van der Waals surface area contributed by atoms with Crippen molar-refractivity contribution in [2.75, 3.05) is 0 Å². The first kappa shape index (κ1) is 15.9. The fourth-order valence-electron chi connectivity index (χ4n) is 1.70. The van der Waals surface area contributed by atoms with Gasteiger partial charge in [0.15, 0.2) is 5.78 Å². The van der Waals surface area contributed by atoms with Gasteiger partial charge in [-0.3, -0.25) is 4.79 Å². The fraction of sp³-hybridized carbons (Fsp3) is 0.0714. The largest absolute Gasteiger partial charge is 0.294 e. The molecule has 0 bridgehead atoms. The second-order valence-corrected chi connectivity index (χ2v) is 6.50. The van der Waals surface area contributed by atoms with Crippen LogP contribution >= 0.6 is 50.1 Å². The monoisotopic (exact) mass is 470 g/mol. The fourth-order valence-corrected chi connectivity index (χ4v) is 2.88. The van der Waals surface area contributed by atoms with E-state index >= 15 is 0 Å². The zero-order valence-corrected chi connectivity index (χ0v) is 14.4. The van der Waals surface area contributed by atoms with Crippen LogP contribution in [0, 0.1) is 15.2 Å². The van der Waals surface area contributed by atoms with Crippen molar-refractivity contribution in [3.63, 3.8) is 0 Å². The van der Waals surface area contributed by atoms with E-state index in [0.717, 1.165) is 6.07 Å². The molecule has 0 spiro atoms. The molecule has 2 aromatic rings. The molecule has 1 nitrogen and oxygen atoms in total. The summed E-state index contributed by atoms with van der Waals surface area (Å²) < 4.78 is 28.3. The molecule has 0 fully saturated rings. The van der Waals surface area contributed by atoms with Crippen LogP contribution in [0.2, 0.25) is 5.02 Å². The van der Waals surface area contributed by atoms with Gasteiger partial charge in [-0.2, -0.15) is 0 Å². The highest BCUT2D eigenvalue weighted by molar-refractivity contribution is 14.1. The molecule has 104 valence electrons. The number of hydrogen-bond acceptors (Lipinski definition) is 1. The molecule has 0 aliphatic carbocycles. The van der Waals surface area contributed by atoms with E-state index in [1.807, 2.05) is 22.6 Å². The summed E-state index contributed by atoms with van der Waals surface area (Å²) in [6, 6.07) is 7.23. The summed E-state index contributed by atoms with van der Waals surface area (Å²) >= 11 is 10.8. The summed E-state index contributed by atoms with van der Waals surface area (Å²) in [5.74, 6) is -1.88. The number of Topliss-reactive ketones (excluding diaryl/α,β-unsaturated/α-hetero) is 1. The minimum atomic E-state index is -0.754. The SMILES string of the molecule is O=C(Cc1c(F)ccc(Br)c1F)c1cc(Cl)ccc1I. The van der Waals surface area contributed by atoms with Gasteiger partial charge in [0.1, 0.15) is 11.6 Å². The topological polar surface area (TPSA) is 17.1 Å². The number of hydrogen-bond donors (Lipinski definition) is 0. The Morgan fingerprint density at radius 1 is 1.25 bits per heavy atom. The van der Waals surface area contributed by atoms with Crippen molar-refractivity contribution < 1.29 is 13.6 Å². The summed E-state index contributed by atoms with van der Waals surface area (Å²) in [5.41, 5.74) is 0.108. The second kappa shape index (κ2) is 6.49. The van der Waals surface area contributed by atoms with Crippen LogP contribution in [0.1, 0.15) is 15.9 Å². The predicted molar refractivity (Wildman–Crippen MR) is 86.3 cm³/mol. The van der Waals surface area contributed by atoms with Crippen molar-refractivity contribution >= 4 is 55.9 Å². The smallest absolute Gasteiger partial charge is 0.168 e. The van der Waals surface area contributed by atoms with Crippen molar-refractivity contribution in [3.05, 3.63) is 66.2 Å².